The fourth-order valence-corrected chi connectivity index (χ4v) is 2.99. The first-order valence-electron chi connectivity index (χ1n) is 9.28. The van der Waals surface area contributed by atoms with Gasteiger partial charge in [-0.1, -0.05) is 11.6 Å². The van der Waals surface area contributed by atoms with Crippen LogP contribution in [0.4, 0.5) is 0 Å². The zero-order valence-electron chi connectivity index (χ0n) is 16.8. The summed E-state index contributed by atoms with van der Waals surface area (Å²) < 4.78 is 13.3. The maximum atomic E-state index is 11.3. The van der Waals surface area contributed by atoms with Gasteiger partial charge in [-0.15, -0.1) is 0 Å². The second kappa shape index (κ2) is 7.88. The van der Waals surface area contributed by atoms with Crippen LogP contribution in [0.5, 0.6) is 11.9 Å². The quantitative estimate of drug-likeness (QED) is 0.665. The van der Waals surface area contributed by atoms with E-state index in [0.717, 1.165) is 22.0 Å². The number of fused-ring (bicyclic) bond motifs is 1. The zero-order valence-corrected chi connectivity index (χ0v) is 16.8. The first-order valence-corrected chi connectivity index (χ1v) is 9.28. The molecule has 0 aliphatic rings. The summed E-state index contributed by atoms with van der Waals surface area (Å²) in [6.07, 6.45) is 1.59. The number of hydrogen-bond acceptors (Lipinski definition) is 5. The van der Waals surface area contributed by atoms with Gasteiger partial charge in [0, 0.05) is 17.6 Å². The van der Waals surface area contributed by atoms with Crippen LogP contribution in [0.3, 0.4) is 0 Å². The monoisotopic (exact) mass is 383 g/mol. The Morgan fingerprint density at radius 1 is 1.11 bits per heavy atom. The van der Waals surface area contributed by atoms with E-state index in [2.05, 4.69) is 9.97 Å². The van der Waals surface area contributed by atoms with Crippen molar-refractivity contribution < 1.29 is 19.4 Å². The van der Waals surface area contributed by atoms with Crippen molar-refractivity contribution in [2.75, 3.05) is 0 Å². The Bertz CT molecular complexity index is 980. The molecule has 2 aromatic heterocycles. The van der Waals surface area contributed by atoms with Crippen LogP contribution in [0.2, 0.25) is 0 Å². The number of hydrogen-bond donors (Lipinski definition) is 1. The van der Waals surface area contributed by atoms with Crippen molar-refractivity contribution in [1.29, 1.82) is 0 Å². The van der Waals surface area contributed by atoms with Gasteiger partial charge in [0.1, 0.15) is 5.82 Å². The van der Waals surface area contributed by atoms with Crippen molar-refractivity contribution in [1.82, 2.24) is 14.5 Å². The van der Waals surface area contributed by atoms with E-state index in [1.807, 2.05) is 57.4 Å². The molecule has 0 fully saturated rings. The molecule has 0 saturated carbocycles. The van der Waals surface area contributed by atoms with Gasteiger partial charge in [-0.25, -0.2) is 0 Å². The van der Waals surface area contributed by atoms with Crippen molar-refractivity contribution in [2.24, 2.45) is 0 Å². The molecule has 0 aliphatic heterocycles. The summed E-state index contributed by atoms with van der Waals surface area (Å²) in [5.41, 5.74) is 2.65. The van der Waals surface area contributed by atoms with Gasteiger partial charge in [0.05, 0.1) is 24.1 Å². The molecule has 28 heavy (non-hydrogen) atoms. The normalized spacial score (nSPS) is 11.4. The number of carbonyl (C=O) groups is 1. The van der Waals surface area contributed by atoms with Crippen molar-refractivity contribution in [2.45, 2.75) is 53.2 Å². The van der Waals surface area contributed by atoms with E-state index in [-0.39, 0.29) is 24.6 Å². The third-order valence-electron chi connectivity index (χ3n) is 4.00. The molecule has 2 heterocycles. The molecule has 0 bridgehead atoms. The number of aryl methyl sites for hydroxylation is 1. The van der Waals surface area contributed by atoms with Gasteiger partial charge < -0.3 is 19.1 Å². The van der Waals surface area contributed by atoms with Crippen LogP contribution in [0, 0.1) is 6.92 Å². The highest BCUT2D eigenvalue weighted by Gasteiger charge is 2.16. The van der Waals surface area contributed by atoms with Crippen LogP contribution in [0.15, 0.2) is 30.5 Å². The molecule has 1 N–H and O–H groups in total. The maximum absolute atomic E-state index is 11.3. The van der Waals surface area contributed by atoms with E-state index >= 15 is 0 Å². The summed E-state index contributed by atoms with van der Waals surface area (Å²) in [4.78, 5) is 20.2. The summed E-state index contributed by atoms with van der Waals surface area (Å²) >= 11 is 0. The molecule has 7 nitrogen and oxygen atoms in total. The number of benzene rings is 1. The van der Waals surface area contributed by atoms with Gasteiger partial charge in [-0.3, -0.25) is 4.79 Å². The van der Waals surface area contributed by atoms with Gasteiger partial charge in [0.25, 0.3) is 0 Å². The highest BCUT2D eigenvalue weighted by atomic mass is 16.5. The molecule has 3 aromatic rings. The van der Waals surface area contributed by atoms with E-state index in [0.29, 0.717) is 11.7 Å². The predicted octanol–water partition coefficient (Wildman–Crippen LogP) is 3.93. The van der Waals surface area contributed by atoms with Crippen LogP contribution >= 0.6 is 0 Å². The number of nitrogens with zero attached hydrogens (tertiary/aromatic N) is 3. The SMILES string of the molecule is Cc1ccc2c(c1)c(CC(=O)O)cn2-c1cc(OC(C)C)nc(OC(C)C)n1. The first-order chi connectivity index (χ1) is 13.2. The Kier molecular flexibility index (Phi) is 5.53. The number of carboxylic acid groups (broad SMARTS) is 1. The van der Waals surface area contributed by atoms with E-state index in [4.69, 9.17) is 9.47 Å². The average Bonchev–Trinajstić information content (AvgIpc) is 2.90. The smallest absolute Gasteiger partial charge is 0.321 e. The van der Waals surface area contributed by atoms with Crippen molar-refractivity contribution in [3.63, 3.8) is 0 Å². The Balaban J connectivity index is 2.18. The topological polar surface area (TPSA) is 86.5 Å². The molecule has 3 rings (SSSR count). The van der Waals surface area contributed by atoms with Gasteiger partial charge in [0.15, 0.2) is 0 Å². The molecule has 0 unspecified atom stereocenters. The lowest BCUT2D eigenvalue weighted by molar-refractivity contribution is -0.136. The fraction of sp³-hybridized carbons (Fsp3) is 0.381. The minimum absolute atomic E-state index is 0.0544. The largest absolute Gasteiger partial charge is 0.481 e. The zero-order chi connectivity index (χ0) is 20.4. The molecular formula is C21H25N3O4. The number of ether oxygens (including phenoxy) is 2. The summed E-state index contributed by atoms with van der Waals surface area (Å²) in [6, 6.07) is 7.89. The van der Waals surface area contributed by atoms with E-state index in [9.17, 15) is 9.90 Å². The second-order valence-electron chi connectivity index (χ2n) is 7.30. The molecule has 148 valence electrons. The number of aromatic nitrogens is 3. The molecule has 0 amide bonds. The van der Waals surface area contributed by atoms with E-state index in [1.54, 1.807) is 12.3 Å². The highest BCUT2D eigenvalue weighted by Crippen LogP contribution is 2.28. The number of aliphatic carboxylic acids is 1. The van der Waals surface area contributed by atoms with Gasteiger partial charge >= 0.3 is 12.0 Å². The maximum Gasteiger partial charge on any atom is 0.321 e. The third-order valence-corrected chi connectivity index (χ3v) is 4.00. The van der Waals surface area contributed by atoms with Gasteiger partial charge in [-0.2, -0.15) is 9.97 Å². The number of carboxylic acids is 1. The Morgan fingerprint density at radius 3 is 2.46 bits per heavy atom. The lowest BCUT2D eigenvalue weighted by atomic mass is 10.1. The van der Waals surface area contributed by atoms with Gasteiger partial charge in [0.2, 0.25) is 5.88 Å². The lowest BCUT2D eigenvalue weighted by Crippen LogP contribution is -2.13. The molecule has 0 spiro atoms. The second-order valence-corrected chi connectivity index (χ2v) is 7.30. The van der Waals surface area contributed by atoms with Crippen LogP contribution in [-0.2, 0) is 11.2 Å². The molecule has 0 atom stereocenters. The summed E-state index contributed by atoms with van der Waals surface area (Å²) in [6.45, 7) is 9.62. The van der Waals surface area contributed by atoms with Crippen LogP contribution in [0.1, 0.15) is 38.8 Å². The Labute approximate surface area is 163 Å². The Morgan fingerprint density at radius 2 is 1.82 bits per heavy atom. The van der Waals surface area contributed by atoms with Crippen molar-refractivity contribution >= 4 is 16.9 Å². The molecule has 0 radical (unpaired) electrons. The summed E-state index contributed by atoms with van der Waals surface area (Å²) in [5, 5.41) is 10.2. The average molecular weight is 383 g/mol. The molecule has 1 aromatic carbocycles. The summed E-state index contributed by atoms with van der Waals surface area (Å²) in [5.74, 6) is 0.0899. The van der Waals surface area contributed by atoms with Crippen LogP contribution in [0.25, 0.3) is 16.7 Å². The molecule has 0 aliphatic carbocycles. The highest BCUT2D eigenvalue weighted by molar-refractivity contribution is 5.89. The summed E-state index contributed by atoms with van der Waals surface area (Å²) in [7, 11) is 0. The van der Waals surface area contributed by atoms with E-state index < -0.39 is 5.97 Å². The molecule has 0 saturated heterocycles. The van der Waals surface area contributed by atoms with Gasteiger partial charge in [-0.05, 0) is 52.3 Å². The van der Waals surface area contributed by atoms with Crippen LogP contribution in [-0.4, -0.2) is 37.8 Å². The predicted molar refractivity (Wildman–Crippen MR) is 106 cm³/mol. The van der Waals surface area contributed by atoms with Crippen molar-refractivity contribution in [3.05, 3.63) is 41.6 Å². The third kappa shape index (κ3) is 4.42. The minimum Gasteiger partial charge on any atom is -0.481 e. The fourth-order valence-electron chi connectivity index (χ4n) is 2.99. The van der Waals surface area contributed by atoms with E-state index in [1.165, 1.54) is 0 Å². The lowest BCUT2D eigenvalue weighted by Gasteiger charge is -2.14. The number of rotatable bonds is 7. The minimum atomic E-state index is -0.879. The molecule has 7 heteroatoms. The Hall–Kier alpha value is -3.09. The first kappa shape index (κ1) is 19.7. The standard InChI is InChI=1S/C21H25N3O4/c1-12(2)27-19-10-18(22-21(23-19)28-13(3)4)24-11-15(9-20(25)26)16-8-14(5)6-7-17(16)24/h6-8,10-13H,9H2,1-5H3,(H,25,26). The van der Waals surface area contributed by atoms with Crippen molar-refractivity contribution in [3.8, 4) is 17.7 Å². The molecular weight excluding hydrogens is 358 g/mol. The van der Waals surface area contributed by atoms with Crippen LogP contribution < -0.4 is 9.47 Å².